The van der Waals surface area contributed by atoms with Crippen LogP contribution < -0.4 is 5.73 Å². The highest BCUT2D eigenvalue weighted by molar-refractivity contribution is 4.79. The molecule has 4 nitrogen and oxygen atoms in total. The standard InChI is InChI=1S/C11H25N3O/c1-3-10-9-14(7-6-13(10)2)5-4-11(15)8-12/h10-11,15H,3-9,12H2,1-2H3. The normalized spacial score (nSPS) is 26.8. The van der Waals surface area contributed by atoms with E-state index >= 15 is 0 Å². The molecule has 1 saturated heterocycles. The van der Waals surface area contributed by atoms with E-state index in [1.165, 1.54) is 6.42 Å². The molecule has 15 heavy (non-hydrogen) atoms. The monoisotopic (exact) mass is 215 g/mol. The highest BCUT2D eigenvalue weighted by Crippen LogP contribution is 2.11. The minimum atomic E-state index is -0.329. The first-order valence-electron chi connectivity index (χ1n) is 5.98. The fourth-order valence-electron chi connectivity index (χ4n) is 2.10. The Balaban J connectivity index is 2.26. The van der Waals surface area contributed by atoms with Gasteiger partial charge in [0.15, 0.2) is 0 Å². The van der Waals surface area contributed by atoms with Crippen LogP contribution in [0.1, 0.15) is 19.8 Å². The lowest BCUT2D eigenvalue weighted by Gasteiger charge is -2.39. The highest BCUT2D eigenvalue weighted by Gasteiger charge is 2.22. The molecule has 0 spiro atoms. The van der Waals surface area contributed by atoms with E-state index in [0.717, 1.165) is 32.6 Å². The first kappa shape index (κ1) is 12.9. The molecule has 1 aliphatic heterocycles. The molecular weight excluding hydrogens is 190 g/mol. The third-order valence-electron chi connectivity index (χ3n) is 3.38. The van der Waals surface area contributed by atoms with Gasteiger partial charge in [-0.1, -0.05) is 6.92 Å². The van der Waals surface area contributed by atoms with Crippen molar-refractivity contribution in [3.05, 3.63) is 0 Å². The summed E-state index contributed by atoms with van der Waals surface area (Å²) in [6, 6.07) is 0.675. The van der Waals surface area contributed by atoms with Gasteiger partial charge in [-0.05, 0) is 19.9 Å². The quantitative estimate of drug-likeness (QED) is 0.662. The van der Waals surface area contributed by atoms with Crippen LogP contribution in [-0.2, 0) is 0 Å². The average molecular weight is 215 g/mol. The van der Waals surface area contributed by atoms with E-state index in [1.807, 2.05) is 0 Å². The largest absolute Gasteiger partial charge is 0.392 e. The number of hydrogen-bond acceptors (Lipinski definition) is 4. The number of rotatable bonds is 5. The molecule has 1 heterocycles. The van der Waals surface area contributed by atoms with Crippen molar-refractivity contribution in [3.8, 4) is 0 Å². The van der Waals surface area contributed by atoms with Crippen molar-refractivity contribution in [1.29, 1.82) is 0 Å². The van der Waals surface area contributed by atoms with E-state index in [9.17, 15) is 5.11 Å². The van der Waals surface area contributed by atoms with Crippen molar-refractivity contribution in [2.75, 3.05) is 39.8 Å². The van der Waals surface area contributed by atoms with Gasteiger partial charge in [0.1, 0.15) is 0 Å². The van der Waals surface area contributed by atoms with E-state index in [2.05, 4.69) is 23.8 Å². The number of nitrogens with two attached hydrogens (primary N) is 1. The topological polar surface area (TPSA) is 52.7 Å². The maximum atomic E-state index is 9.40. The third-order valence-corrected chi connectivity index (χ3v) is 3.38. The van der Waals surface area contributed by atoms with E-state index < -0.39 is 0 Å². The summed E-state index contributed by atoms with van der Waals surface area (Å²) in [5, 5.41) is 9.40. The van der Waals surface area contributed by atoms with Gasteiger partial charge < -0.3 is 20.6 Å². The fourth-order valence-corrected chi connectivity index (χ4v) is 2.10. The molecule has 1 rings (SSSR count). The molecule has 1 aliphatic rings. The van der Waals surface area contributed by atoms with Crippen molar-refractivity contribution in [3.63, 3.8) is 0 Å². The lowest BCUT2D eigenvalue weighted by molar-refractivity contribution is 0.0771. The molecule has 0 saturated carbocycles. The van der Waals surface area contributed by atoms with Crippen molar-refractivity contribution in [2.24, 2.45) is 5.73 Å². The van der Waals surface area contributed by atoms with Crippen molar-refractivity contribution in [1.82, 2.24) is 9.80 Å². The number of nitrogens with zero attached hydrogens (tertiary/aromatic N) is 2. The molecule has 90 valence electrons. The highest BCUT2D eigenvalue weighted by atomic mass is 16.3. The Hall–Kier alpha value is -0.160. The van der Waals surface area contributed by atoms with Crippen LogP contribution in [0.15, 0.2) is 0 Å². The molecule has 0 aromatic heterocycles. The maximum absolute atomic E-state index is 9.40. The van der Waals surface area contributed by atoms with E-state index in [1.54, 1.807) is 0 Å². The average Bonchev–Trinajstić information content (AvgIpc) is 2.27. The molecule has 0 amide bonds. The van der Waals surface area contributed by atoms with Gasteiger partial charge in [-0.3, -0.25) is 0 Å². The van der Waals surface area contributed by atoms with Crippen LogP contribution in [-0.4, -0.2) is 66.8 Å². The molecule has 4 heteroatoms. The van der Waals surface area contributed by atoms with Gasteiger partial charge in [-0.2, -0.15) is 0 Å². The van der Waals surface area contributed by atoms with Crippen LogP contribution in [0.4, 0.5) is 0 Å². The van der Waals surface area contributed by atoms with Gasteiger partial charge >= 0.3 is 0 Å². The summed E-state index contributed by atoms with van der Waals surface area (Å²) in [4.78, 5) is 4.86. The van der Waals surface area contributed by atoms with Crippen LogP contribution in [0.25, 0.3) is 0 Å². The predicted molar refractivity (Wildman–Crippen MR) is 62.8 cm³/mol. The molecule has 0 aromatic rings. The second-order valence-electron chi connectivity index (χ2n) is 4.52. The second-order valence-corrected chi connectivity index (χ2v) is 4.52. The molecule has 0 aromatic carbocycles. The summed E-state index contributed by atoms with van der Waals surface area (Å²) in [7, 11) is 2.19. The molecule has 2 unspecified atom stereocenters. The Bertz CT molecular complexity index is 177. The zero-order valence-corrected chi connectivity index (χ0v) is 10.0. The summed E-state index contributed by atoms with van der Waals surface area (Å²) in [5.74, 6) is 0. The lowest BCUT2D eigenvalue weighted by atomic mass is 10.1. The Morgan fingerprint density at radius 3 is 2.80 bits per heavy atom. The minimum Gasteiger partial charge on any atom is -0.392 e. The van der Waals surface area contributed by atoms with E-state index in [4.69, 9.17) is 5.73 Å². The van der Waals surface area contributed by atoms with Crippen LogP contribution >= 0.6 is 0 Å². The third kappa shape index (κ3) is 4.07. The minimum absolute atomic E-state index is 0.329. The van der Waals surface area contributed by atoms with Crippen LogP contribution in [0.2, 0.25) is 0 Å². The molecule has 1 fully saturated rings. The van der Waals surface area contributed by atoms with Gasteiger partial charge in [0, 0.05) is 38.8 Å². The summed E-state index contributed by atoms with van der Waals surface area (Å²) in [6.45, 7) is 6.97. The van der Waals surface area contributed by atoms with Gasteiger partial charge in [-0.25, -0.2) is 0 Å². The van der Waals surface area contributed by atoms with Gasteiger partial charge in [0.25, 0.3) is 0 Å². The van der Waals surface area contributed by atoms with Gasteiger partial charge in [0.05, 0.1) is 6.10 Å². The second kappa shape index (κ2) is 6.43. The fraction of sp³-hybridized carbons (Fsp3) is 1.00. The smallest absolute Gasteiger partial charge is 0.0674 e. The molecular formula is C11H25N3O. The van der Waals surface area contributed by atoms with Crippen molar-refractivity contribution < 1.29 is 5.11 Å². The van der Waals surface area contributed by atoms with E-state index in [-0.39, 0.29) is 6.10 Å². The Morgan fingerprint density at radius 2 is 2.20 bits per heavy atom. The van der Waals surface area contributed by atoms with Crippen LogP contribution in [0.5, 0.6) is 0 Å². The zero-order valence-electron chi connectivity index (χ0n) is 10.0. The Labute approximate surface area is 93.0 Å². The Morgan fingerprint density at radius 1 is 1.47 bits per heavy atom. The SMILES string of the molecule is CCC1CN(CCC(O)CN)CCN1C. The molecule has 2 atom stereocenters. The van der Waals surface area contributed by atoms with E-state index in [0.29, 0.717) is 12.6 Å². The predicted octanol–water partition coefficient (Wildman–Crippen LogP) is -0.278. The first-order chi connectivity index (χ1) is 7.17. The molecule has 0 radical (unpaired) electrons. The maximum Gasteiger partial charge on any atom is 0.0674 e. The summed E-state index contributed by atoms with van der Waals surface area (Å²) in [6.07, 6.45) is 1.67. The molecule has 3 N–H and O–H groups in total. The first-order valence-corrected chi connectivity index (χ1v) is 5.98. The number of aliphatic hydroxyl groups excluding tert-OH is 1. The molecule has 0 bridgehead atoms. The summed E-state index contributed by atoms with van der Waals surface area (Å²) >= 11 is 0. The number of piperazine rings is 1. The number of likely N-dealkylation sites (N-methyl/N-ethyl adjacent to an activating group) is 1. The van der Waals surface area contributed by atoms with Crippen LogP contribution in [0, 0.1) is 0 Å². The van der Waals surface area contributed by atoms with Gasteiger partial charge in [-0.15, -0.1) is 0 Å². The lowest BCUT2D eigenvalue weighted by Crippen LogP contribution is -2.51. The molecule has 0 aliphatic carbocycles. The van der Waals surface area contributed by atoms with Crippen molar-refractivity contribution >= 4 is 0 Å². The van der Waals surface area contributed by atoms with Crippen molar-refractivity contribution in [2.45, 2.75) is 31.9 Å². The zero-order chi connectivity index (χ0) is 11.3. The summed E-state index contributed by atoms with van der Waals surface area (Å²) < 4.78 is 0. The Kier molecular flexibility index (Phi) is 5.53. The van der Waals surface area contributed by atoms with Gasteiger partial charge in [0.2, 0.25) is 0 Å². The van der Waals surface area contributed by atoms with Crippen LogP contribution in [0.3, 0.4) is 0 Å². The number of hydrogen-bond donors (Lipinski definition) is 2. The summed E-state index contributed by atoms with van der Waals surface area (Å²) in [5.41, 5.74) is 5.39. The number of aliphatic hydroxyl groups is 1.